The third kappa shape index (κ3) is 2.95. The number of carbonyl (C=O) groups excluding carboxylic acids is 2. The minimum Gasteiger partial charge on any atom is -0.462 e. The predicted molar refractivity (Wildman–Crippen MR) is 67.8 cm³/mol. The van der Waals surface area contributed by atoms with Crippen molar-refractivity contribution in [2.24, 2.45) is 5.41 Å². The third-order valence-electron chi connectivity index (χ3n) is 2.94. The lowest BCUT2D eigenvalue weighted by molar-refractivity contribution is -0.177. The molecule has 0 spiro atoms. The van der Waals surface area contributed by atoms with Crippen molar-refractivity contribution in [1.29, 1.82) is 5.26 Å². The molecule has 5 heteroatoms. The van der Waals surface area contributed by atoms with Gasteiger partial charge in [-0.05, 0) is 46.1 Å². The summed E-state index contributed by atoms with van der Waals surface area (Å²) in [6.07, 6.45) is 1.47. The summed E-state index contributed by atoms with van der Waals surface area (Å²) in [6, 6.07) is 1.86. The molecule has 0 N–H and O–H groups in total. The van der Waals surface area contributed by atoms with Gasteiger partial charge in [-0.15, -0.1) is 0 Å². The molecule has 1 aliphatic rings. The van der Waals surface area contributed by atoms with Crippen molar-refractivity contribution in [2.75, 3.05) is 0 Å². The zero-order valence-corrected chi connectivity index (χ0v) is 11.7. The van der Waals surface area contributed by atoms with Crippen molar-refractivity contribution in [3.05, 3.63) is 11.6 Å². The smallest absolute Gasteiger partial charge is 0.328 e. The molecule has 0 saturated heterocycles. The second-order valence-electron chi connectivity index (χ2n) is 5.11. The number of esters is 2. The fourth-order valence-electron chi connectivity index (χ4n) is 1.97. The van der Waals surface area contributed by atoms with Gasteiger partial charge in [0.2, 0.25) is 0 Å². The Labute approximate surface area is 113 Å². The summed E-state index contributed by atoms with van der Waals surface area (Å²) in [6.45, 7) is 6.86. The van der Waals surface area contributed by atoms with E-state index in [1.165, 1.54) is 6.08 Å². The van der Waals surface area contributed by atoms with E-state index in [-0.39, 0.29) is 12.2 Å². The van der Waals surface area contributed by atoms with Crippen LogP contribution in [-0.4, -0.2) is 24.1 Å². The van der Waals surface area contributed by atoms with Gasteiger partial charge in [-0.2, -0.15) is 5.26 Å². The summed E-state index contributed by atoms with van der Waals surface area (Å²) in [5, 5.41) is 8.73. The fraction of sp³-hybridized carbons (Fsp3) is 0.643. The van der Waals surface area contributed by atoms with Crippen molar-refractivity contribution >= 4 is 11.9 Å². The molecule has 19 heavy (non-hydrogen) atoms. The van der Waals surface area contributed by atoms with Crippen molar-refractivity contribution in [3.63, 3.8) is 0 Å². The van der Waals surface area contributed by atoms with Crippen LogP contribution in [0.1, 0.15) is 40.5 Å². The monoisotopic (exact) mass is 265 g/mol. The maximum absolute atomic E-state index is 12.2. The SMILES string of the molecule is CC(C)OC(=O)C1(C(=O)OC(C)C)CC/C1=C\C#N. The molecule has 0 aromatic heterocycles. The highest BCUT2D eigenvalue weighted by molar-refractivity contribution is 6.05. The van der Waals surface area contributed by atoms with E-state index < -0.39 is 17.4 Å². The second-order valence-corrected chi connectivity index (χ2v) is 5.11. The van der Waals surface area contributed by atoms with Gasteiger partial charge in [-0.3, -0.25) is 9.59 Å². The first kappa shape index (κ1) is 15.2. The Morgan fingerprint density at radius 2 is 1.68 bits per heavy atom. The largest absolute Gasteiger partial charge is 0.462 e. The van der Waals surface area contributed by atoms with Crippen LogP contribution in [0.25, 0.3) is 0 Å². The molecule has 0 atom stereocenters. The number of nitrogens with zero attached hydrogens (tertiary/aromatic N) is 1. The number of carbonyl (C=O) groups is 2. The van der Waals surface area contributed by atoms with Gasteiger partial charge in [-0.25, -0.2) is 0 Å². The first-order valence-electron chi connectivity index (χ1n) is 6.36. The van der Waals surface area contributed by atoms with E-state index >= 15 is 0 Å². The van der Waals surface area contributed by atoms with E-state index in [9.17, 15) is 9.59 Å². The zero-order chi connectivity index (χ0) is 14.6. The number of hydrogen-bond donors (Lipinski definition) is 0. The molecule has 1 fully saturated rings. The minimum absolute atomic E-state index is 0.319. The van der Waals surface area contributed by atoms with Crippen LogP contribution in [0.15, 0.2) is 11.6 Å². The van der Waals surface area contributed by atoms with Gasteiger partial charge in [0.1, 0.15) is 0 Å². The molecule has 1 aliphatic carbocycles. The average molecular weight is 265 g/mol. The van der Waals surface area contributed by atoms with Crippen LogP contribution < -0.4 is 0 Å². The molecule has 0 radical (unpaired) electrons. The van der Waals surface area contributed by atoms with Crippen LogP contribution in [0.4, 0.5) is 0 Å². The van der Waals surface area contributed by atoms with Crippen molar-refractivity contribution in [1.82, 2.24) is 0 Å². The quantitative estimate of drug-likeness (QED) is 0.442. The van der Waals surface area contributed by atoms with Crippen molar-refractivity contribution in [3.8, 4) is 6.07 Å². The predicted octanol–water partition coefficient (Wildman–Crippen LogP) is 2.12. The molecule has 0 aliphatic heterocycles. The highest BCUT2D eigenvalue weighted by Crippen LogP contribution is 2.48. The lowest BCUT2D eigenvalue weighted by atomic mass is 9.64. The van der Waals surface area contributed by atoms with Gasteiger partial charge in [0.15, 0.2) is 5.41 Å². The molecule has 0 unspecified atom stereocenters. The molecule has 0 amide bonds. The van der Waals surface area contributed by atoms with E-state index in [4.69, 9.17) is 14.7 Å². The van der Waals surface area contributed by atoms with E-state index in [1.54, 1.807) is 27.7 Å². The normalized spacial score (nSPS) is 18.9. The molecular weight excluding hydrogens is 246 g/mol. The number of allylic oxidation sites excluding steroid dienone is 1. The Morgan fingerprint density at radius 3 is 1.95 bits per heavy atom. The van der Waals surface area contributed by atoms with Crippen molar-refractivity contribution < 1.29 is 19.1 Å². The van der Waals surface area contributed by atoms with Crippen molar-refractivity contribution in [2.45, 2.75) is 52.7 Å². The molecule has 1 saturated carbocycles. The van der Waals surface area contributed by atoms with E-state index in [2.05, 4.69) is 0 Å². The van der Waals surface area contributed by atoms with Crippen LogP contribution >= 0.6 is 0 Å². The van der Waals surface area contributed by atoms with Gasteiger partial charge in [0, 0.05) is 6.08 Å². The molecule has 0 bridgehead atoms. The molecule has 5 nitrogen and oxygen atoms in total. The number of ether oxygens (including phenoxy) is 2. The first-order valence-corrected chi connectivity index (χ1v) is 6.36. The Hall–Kier alpha value is -1.83. The van der Waals surface area contributed by atoms with E-state index in [0.717, 1.165) is 0 Å². The molecule has 0 aromatic carbocycles. The lowest BCUT2D eigenvalue weighted by Gasteiger charge is -2.40. The lowest BCUT2D eigenvalue weighted by Crippen LogP contribution is -2.50. The third-order valence-corrected chi connectivity index (χ3v) is 2.94. The summed E-state index contributed by atoms with van der Waals surface area (Å²) in [4.78, 5) is 24.4. The highest BCUT2D eigenvalue weighted by Gasteiger charge is 2.58. The molecule has 1 rings (SSSR count). The number of rotatable bonds is 4. The van der Waals surface area contributed by atoms with E-state index in [1.807, 2.05) is 6.07 Å². The summed E-state index contributed by atoms with van der Waals surface area (Å²) in [5.74, 6) is -1.25. The molecule has 0 heterocycles. The van der Waals surface area contributed by atoms with E-state index in [0.29, 0.717) is 18.4 Å². The Bertz CT molecular complexity index is 421. The zero-order valence-electron chi connectivity index (χ0n) is 11.7. The maximum atomic E-state index is 12.2. The Morgan fingerprint density at radius 1 is 1.21 bits per heavy atom. The topological polar surface area (TPSA) is 76.4 Å². The molecular formula is C14H19NO4. The summed E-state index contributed by atoms with van der Waals surface area (Å²) >= 11 is 0. The van der Waals surface area contributed by atoms with Gasteiger partial charge in [0.25, 0.3) is 0 Å². The highest BCUT2D eigenvalue weighted by atomic mass is 16.6. The first-order chi connectivity index (χ1) is 8.84. The average Bonchev–Trinajstić information content (AvgIpc) is 2.22. The fourth-order valence-corrected chi connectivity index (χ4v) is 1.97. The number of nitriles is 1. The van der Waals surface area contributed by atoms with Crippen LogP contribution in [-0.2, 0) is 19.1 Å². The second kappa shape index (κ2) is 5.87. The Balaban J connectivity index is 3.06. The summed E-state index contributed by atoms with van der Waals surface area (Å²) < 4.78 is 10.3. The van der Waals surface area contributed by atoms with Crippen LogP contribution in [0.2, 0.25) is 0 Å². The maximum Gasteiger partial charge on any atom is 0.328 e. The Kier molecular flexibility index (Phi) is 4.71. The van der Waals surface area contributed by atoms with Gasteiger partial charge in [-0.1, -0.05) is 0 Å². The minimum atomic E-state index is -1.41. The van der Waals surface area contributed by atoms with Crippen LogP contribution in [0, 0.1) is 16.7 Å². The summed E-state index contributed by atoms with van der Waals surface area (Å²) in [5.41, 5.74) is -0.934. The van der Waals surface area contributed by atoms with Crippen LogP contribution in [0.3, 0.4) is 0 Å². The number of hydrogen-bond acceptors (Lipinski definition) is 5. The standard InChI is InChI=1S/C14H19NO4/c1-9(2)18-12(16)14(13(17)19-10(3)4)7-5-11(14)6-8-15/h6,9-10H,5,7H2,1-4H3/b11-6+. The van der Waals surface area contributed by atoms with Crippen LogP contribution in [0.5, 0.6) is 0 Å². The molecule has 0 aromatic rings. The summed E-state index contributed by atoms with van der Waals surface area (Å²) in [7, 11) is 0. The van der Waals surface area contributed by atoms with Gasteiger partial charge in [0.05, 0.1) is 18.3 Å². The van der Waals surface area contributed by atoms with Gasteiger partial charge >= 0.3 is 11.9 Å². The van der Waals surface area contributed by atoms with Gasteiger partial charge < -0.3 is 9.47 Å². The molecule has 104 valence electrons.